The summed E-state index contributed by atoms with van der Waals surface area (Å²) in [5.74, 6) is 0. The van der Waals surface area contributed by atoms with Crippen molar-refractivity contribution in [3.8, 4) is 0 Å². The van der Waals surface area contributed by atoms with Gasteiger partial charge in [-0.1, -0.05) is 30.4 Å². The number of nitrogens with two attached hydrogens (primary N) is 2. The molecule has 0 aliphatic heterocycles. The molecule has 0 aliphatic rings. The molecule has 68 valence electrons. The maximum Gasteiger partial charge on any atom is 0.0408 e. The summed E-state index contributed by atoms with van der Waals surface area (Å²) in [5.41, 5.74) is 13.8. The zero-order chi connectivity index (χ0) is 9.68. The number of anilines is 1. The van der Waals surface area contributed by atoms with Gasteiger partial charge in [0.15, 0.2) is 0 Å². The van der Waals surface area contributed by atoms with Gasteiger partial charge in [-0.2, -0.15) is 0 Å². The second kappa shape index (κ2) is 4.36. The second-order valence-electron chi connectivity index (χ2n) is 2.74. The Morgan fingerprint density at radius 2 is 2.00 bits per heavy atom. The minimum atomic E-state index is 0.691. The largest absolute Gasteiger partial charge is 0.398 e. The highest BCUT2D eigenvalue weighted by molar-refractivity contribution is 5.73. The number of rotatable bonds is 2. The third-order valence-electron chi connectivity index (χ3n) is 1.74. The Labute approximate surface area is 78.6 Å². The molecule has 0 aromatic heterocycles. The van der Waals surface area contributed by atoms with Gasteiger partial charge in [-0.3, -0.25) is 0 Å². The van der Waals surface area contributed by atoms with E-state index in [9.17, 15) is 0 Å². The monoisotopic (exact) mass is 174 g/mol. The van der Waals surface area contributed by atoms with Crippen molar-refractivity contribution in [2.75, 3.05) is 5.73 Å². The number of nitrogen functional groups attached to an aromatic ring is 1. The van der Waals surface area contributed by atoms with Crippen molar-refractivity contribution in [3.05, 3.63) is 48.1 Å². The molecule has 0 heterocycles. The smallest absolute Gasteiger partial charge is 0.0408 e. The molecule has 0 unspecified atom stereocenters. The van der Waals surface area contributed by atoms with Crippen LogP contribution in [0, 0.1) is 0 Å². The van der Waals surface area contributed by atoms with Gasteiger partial charge < -0.3 is 11.5 Å². The second-order valence-corrected chi connectivity index (χ2v) is 2.74. The van der Waals surface area contributed by atoms with Gasteiger partial charge in [-0.15, -0.1) is 0 Å². The fourth-order valence-corrected chi connectivity index (χ4v) is 1.05. The quantitative estimate of drug-likeness (QED) is 0.533. The molecule has 4 N–H and O–H groups in total. The van der Waals surface area contributed by atoms with Gasteiger partial charge in [0.2, 0.25) is 0 Å². The van der Waals surface area contributed by atoms with Crippen molar-refractivity contribution in [2.24, 2.45) is 5.73 Å². The molecule has 1 aromatic rings. The Kier molecular flexibility index (Phi) is 3.15. The summed E-state index contributed by atoms with van der Waals surface area (Å²) in [6, 6.07) is 7.56. The van der Waals surface area contributed by atoms with Gasteiger partial charge in [-0.25, -0.2) is 0 Å². The molecule has 1 rings (SSSR count). The summed E-state index contributed by atoms with van der Waals surface area (Å²) in [6.45, 7) is 1.94. The Bertz CT molecular complexity index is 338. The Morgan fingerprint density at radius 1 is 1.31 bits per heavy atom. The molecular weight excluding hydrogens is 160 g/mol. The Morgan fingerprint density at radius 3 is 2.62 bits per heavy atom. The van der Waals surface area contributed by atoms with E-state index in [1.165, 1.54) is 0 Å². The number of para-hydroxylation sites is 1. The SMILES string of the molecule is C/C=C\C=C(/N)c1ccccc1N. The molecule has 2 nitrogen and oxygen atoms in total. The highest BCUT2D eigenvalue weighted by Crippen LogP contribution is 2.16. The lowest BCUT2D eigenvalue weighted by atomic mass is 10.1. The summed E-state index contributed by atoms with van der Waals surface area (Å²) in [5, 5.41) is 0. The van der Waals surface area contributed by atoms with E-state index >= 15 is 0 Å². The average molecular weight is 174 g/mol. The molecule has 0 bridgehead atoms. The molecule has 0 saturated carbocycles. The van der Waals surface area contributed by atoms with Crippen LogP contribution in [0.3, 0.4) is 0 Å². The molecule has 0 radical (unpaired) electrons. The highest BCUT2D eigenvalue weighted by atomic mass is 14.6. The predicted molar refractivity (Wildman–Crippen MR) is 57.8 cm³/mol. The molecule has 2 heteroatoms. The molecule has 0 fully saturated rings. The van der Waals surface area contributed by atoms with Crippen LogP contribution in [-0.2, 0) is 0 Å². The molecule has 13 heavy (non-hydrogen) atoms. The predicted octanol–water partition coefficient (Wildman–Crippen LogP) is 2.14. The molecular formula is C11H14N2. The van der Waals surface area contributed by atoms with Crippen molar-refractivity contribution >= 4 is 11.4 Å². The molecule has 0 aliphatic carbocycles. The fraction of sp³-hybridized carbons (Fsp3) is 0.0909. The van der Waals surface area contributed by atoms with Crippen LogP contribution in [0.4, 0.5) is 5.69 Å². The van der Waals surface area contributed by atoms with E-state index < -0.39 is 0 Å². The number of hydrogen-bond donors (Lipinski definition) is 2. The van der Waals surface area contributed by atoms with Crippen molar-refractivity contribution in [1.29, 1.82) is 0 Å². The van der Waals surface area contributed by atoms with Crippen LogP contribution in [0.25, 0.3) is 5.70 Å². The van der Waals surface area contributed by atoms with Gasteiger partial charge in [0.1, 0.15) is 0 Å². The van der Waals surface area contributed by atoms with Crippen LogP contribution >= 0.6 is 0 Å². The standard InChI is InChI=1S/C11H14N2/c1-2-3-7-10(12)9-6-4-5-8-11(9)13/h2-8H,12-13H2,1H3/b3-2-,10-7-. The summed E-state index contributed by atoms with van der Waals surface area (Å²) < 4.78 is 0. The summed E-state index contributed by atoms with van der Waals surface area (Å²) >= 11 is 0. The molecule has 0 spiro atoms. The Balaban J connectivity index is 3.01. The highest BCUT2D eigenvalue weighted by Gasteiger charge is 1.98. The van der Waals surface area contributed by atoms with Crippen LogP contribution in [0.15, 0.2) is 42.5 Å². The molecule has 0 atom stereocenters. The first-order chi connectivity index (χ1) is 6.25. The third kappa shape index (κ3) is 2.37. The molecule has 0 saturated heterocycles. The lowest BCUT2D eigenvalue weighted by molar-refractivity contribution is 1.51. The lowest BCUT2D eigenvalue weighted by Crippen LogP contribution is -1.99. The van der Waals surface area contributed by atoms with Crippen molar-refractivity contribution in [2.45, 2.75) is 6.92 Å². The van der Waals surface area contributed by atoms with Crippen LogP contribution in [-0.4, -0.2) is 0 Å². The zero-order valence-electron chi connectivity index (χ0n) is 7.70. The van der Waals surface area contributed by atoms with E-state index in [2.05, 4.69) is 0 Å². The minimum Gasteiger partial charge on any atom is -0.398 e. The lowest BCUT2D eigenvalue weighted by Gasteiger charge is -2.03. The minimum absolute atomic E-state index is 0.691. The van der Waals surface area contributed by atoms with E-state index in [-0.39, 0.29) is 0 Å². The number of benzene rings is 1. The van der Waals surface area contributed by atoms with Gasteiger partial charge in [-0.05, 0) is 19.1 Å². The van der Waals surface area contributed by atoms with Gasteiger partial charge in [0, 0.05) is 16.9 Å². The normalized spacial score (nSPS) is 12.2. The topological polar surface area (TPSA) is 52.0 Å². The molecule has 1 aromatic carbocycles. The maximum absolute atomic E-state index is 5.81. The van der Waals surface area contributed by atoms with Gasteiger partial charge >= 0.3 is 0 Å². The van der Waals surface area contributed by atoms with Crippen LogP contribution in [0.2, 0.25) is 0 Å². The van der Waals surface area contributed by atoms with Gasteiger partial charge in [0.25, 0.3) is 0 Å². The fourth-order valence-electron chi connectivity index (χ4n) is 1.05. The van der Waals surface area contributed by atoms with Crippen molar-refractivity contribution in [3.63, 3.8) is 0 Å². The first kappa shape index (κ1) is 9.39. The van der Waals surface area contributed by atoms with Crippen LogP contribution < -0.4 is 11.5 Å². The van der Waals surface area contributed by atoms with Crippen LogP contribution in [0.1, 0.15) is 12.5 Å². The van der Waals surface area contributed by atoms with E-state index in [1.807, 2.05) is 49.4 Å². The number of allylic oxidation sites excluding steroid dienone is 3. The average Bonchev–Trinajstić information content (AvgIpc) is 2.15. The van der Waals surface area contributed by atoms with Gasteiger partial charge in [0.05, 0.1) is 0 Å². The summed E-state index contributed by atoms with van der Waals surface area (Å²) in [6.07, 6.45) is 5.65. The van der Waals surface area contributed by atoms with E-state index in [0.29, 0.717) is 11.4 Å². The van der Waals surface area contributed by atoms with E-state index in [0.717, 1.165) is 5.56 Å². The first-order valence-corrected chi connectivity index (χ1v) is 4.19. The van der Waals surface area contributed by atoms with E-state index in [1.54, 1.807) is 0 Å². The number of hydrogen-bond acceptors (Lipinski definition) is 2. The zero-order valence-corrected chi connectivity index (χ0v) is 7.70. The first-order valence-electron chi connectivity index (χ1n) is 4.19. The van der Waals surface area contributed by atoms with Crippen LogP contribution in [0.5, 0.6) is 0 Å². The third-order valence-corrected chi connectivity index (χ3v) is 1.74. The maximum atomic E-state index is 5.81. The van der Waals surface area contributed by atoms with Crippen molar-refractivity contribution in [1.82, 2.24) is 0 Å². The van der Waals surface area contributed by atoms with E-state index in [4.69, 9.17) is 11.5 Å². The van der Waals surface area contributed by atoms with Crippen molar-refractivity contribution < 1.29 is 0 Å². The summed E-state index contributed by atoms with van der Waals surface area (Å²) in [7, 11) is 0. The summed E-state index contributed by atoms with van der Waals surface area (Å²) in [4.78, 5) is 0. The Hall–Kier alpha value is -1.70. The molecule has 0 amide bonds.